The summed E-state index contributed by atoms with van der Waals surface area (Å²) in [6.07, 6.45) is 8.74. The fourth-order valence-corrected chi connectivity index (χ4v) is 4.89. The van der Waals surface area contributed by atoms with Gasteiger partial charge in [0, 0.05) is 36.1 Å². The highest BCUT2D eigenvalue weighted by molar-refractivity contribution is 6.34. The van der Waals surface area contributed by atoms with Crippen LogP contribution in [-0.2, 0) is 4.79 Å². The number of likely N-dealkylation sites (tertiary alicyclic amines) is 1. The molecule has 0 atom stereocenters. The number of rotatable bonds is 7. The van der Waals surface area contributed by atoms with Gasteiger partial charge in [-0.05, 0) is 74.6 Å². The lowest BCUT2D eigenvalue weighted by atomic mass is 9.95. The van der Waals surface area contributed by atoms with Crippen molar-refractivity contribution in [1.82, 2.24) is 10.2 Å². The SMILES string of the molecule is O=C(CNc1ccc(Cl)c(C(=O)NC2CCCCC2)c1)Nc1ccc(C(=O)N2CCCCC2)cc1. The summed E-state index contributed by atoms with van der Waals surface area (Å²) in [4.78, 5) is 39.6. The zero-order valence-corrected chi connectivity index (χ0v) is 20.7. The highest BCUT2D eigenvalue weighted by Crippen LogP contribution is 2.23. The summed E-state index contributed by atoms with van der Waals surface area (Å²) >= 11 is 6.27. The number of anilines is 2. The van der Waals surface area contributed by atoms with E-state index in [0.29, 0.717) is 27.5 Å². The highest BCUT2D eigenvalue weighted by Gasteiger charge is 2.19. The van der Waals surface area contributed by atoms with Crippen molar-refractivity contribution in [3.8, 4) is 0 Å². The summed E-state index contributed by atoms with van der Waals surface area (Å²) in [5.41, 5.74) is 2.29. The molecule has 0 spiro atoms. The van der Waals surface area contributed by atoms with E-state index in [4.69, 9.17) is 11.6 Å². The van der Waals surface area contributed by atoms with E-state index in [1.54, 1.807) is 42.5 Å². The number of hydrogen-bond donors (Lipinski definition) is 3. The van der Waals surface area contributed by atoms with Gasteiger partial charge in [-0.1, -0.05) is 30.9 Å². The zero-order chi connectivity index (χ0) is 24.6. The van der Waals surface area contributed by atoms with Gasteiger partial charge in [-0.25, -0.2) is 0 Å². The van der Waals surface area contributed by atoms with Crippen LogP contribution in [0.3, 0.4) is 0 Å². The molecule has 1 aliphatic heterocycles. The molecule has 0 radical (unpaired) electrons. The molecule has 7 nitrogen and oxygen atoms in total. The molecular formula is C27H33ClN4O3. The second-order valence-electron chi connectivity index (χ2n) is 9.33. The molecule has 0 unspecified atom stereocenters. The average molecular weight is 497 g/mol. The monoisotopic (exact) mass is 496 g/mol. The smallest absolute Gasteiger partial charge is 0.253 e. The first kappa shape index (κ1) is 25.0. The molecule has 3 amide bonds. The number of benzene rings is 2. The summed E-state index contributed by atoms with van der Waals surface area (Å²) < 4.78 is 0. The molecule has 1 aliphatic carbocycles. The highest BCUT2D eigenvalue weighted by atomic mass is 35.5. The average Bonchev–Trinajstić information content (AvgIpc) is 2.89. The second kappa shape index (κ2) is 12.1. The molecule has 2 aromatic carbocycles. The van der Waals surface area contributed by atoms with E-state index in [9.17, 15) is 14.4 Å². The van der Waals surface area contributed by atoms with Crippen LogP contribution in [0, 0.1) is 0 Å². The minimum absolute atomic E-state index is 0.0276. The summed E-state index contributed by atoms with van der Waals surface area (Å²) in [5.74, 6) is -0.382. The number of carbonyl (C=O) groups is 3. The van der Waals surface area contributed by atoms with Gasteiger partial charge < -0.3 is 20.9 Å². The lowest BCUT2D eigenvalue weighted by Gasteiger charge is -2.26. The molecule has 1 saturated heterocycles. The molecule has 4 rings (SSSR count). The Bertz CT molecular complexity index is 1040. The molecule has 2 aromatic rings. The topological polar surface area (TPSA) is 90.5 Å². The number of halogens is 1. The quantitative estimate of drug-likeness (QED) is 0.498. The Morgan fingerprint density at radius 1 is 0.857 bits per heavy atom. The van der Waals surface area contributed by atoms with Gasteiger partial charge in [0.2, 0.25) is 5.91 Å². The van der Waals surface area contributed by atoms with Gasteiger partial charge in [0.05, 0.1) is 17.1 Å². The molecular weight excluding hydrogens is 464 g/mol. The standard InChI is InChI=1S/C27H33ClN4O3/c28-24-14-13-22(17-23(24)26(34)31-20-7-3-1-4-8-20)29-18-25(33)30-21-11-9-19(10-12-21)27(35)32-15-5-2-6-16-32/h9-14,17,20,29H,1-8,15-16,18H2,(H,30,33)(H,31,34). The van der Waals surface area contributed by atoms with E-state index < -0.39 is 0 Å². The predicted octanol–water partition coefficient (Wildman–Crippen LogP) is 5.08. The van der Waals surface area contributed by atoms with Crippen LogP contribution in [0.4, 0.5) is 11.4 Å². The van der Waals surface area contributed by atoms with Crippen LogP contribution < -0.4 is 16.0 Å². The predicted molar refractivity (Wildman–Crippen MR) is 139 cm³/mol. The molecule has 35 heavy (non-hydrogen) atoms. The number of piperidine rings is 1. The third-order valence-electron chi connectivity index (χ3n) is 6.66. The van der Waals surface area contributed by atoms with Gasteiger partial charge in [-0.3, -0.25) is 14.4 Å². The van der Waals surface area contributed by atoms with Crippen molar-refractivity contribution >= 4 is 40.7 Å². The minimum Gasteiger partial charge on any atom is -0.376 e. The van der Waals surface area contributed by atoms with Gasteiger partial charge in [-0.2, -0.15) is 0 Å². The maximum atomic E-state index is 12.7. The van der Waals surface area contributed by atoms with Gasteiger partial charge in [-0.15, -0.1) is 0 Å². The van der Waals surface area contributed by atoms with E-state index in [-0.39, 0.29) is 30.3 Å². The van der Waals surface area contributed by atoms with Crippen LogP contribution in [0.25, 0.3) is 0 Å². The van der Waals surface area contributed by atoms with E-state index in [0.717, 1.165) is 51.6 Å². The fourth-order valence-electron chi connectivity index (χ4n) is 4.68. The molecule has 3 N–H and O–H groups in total. The summed E-state index contributed by atoms with van der Waals surface area (Å²) in [6.45, 7) is 1.63. The van der Waals surface area contributed by atoms with Gasteiger partial charge in [0.15, 0.2) is 0 Å². The van der Waals surface area contributed by atoms with Crippen LogP contribution in [-0.4, -0.2) is 48.3 Å². The Kier molecular flexibility index (Phi) is 8.64. The van der Waals surface area contributed by atoms with Crippen LogP contribution in [0.1, 0.15) is 72.1 Å². The molecule has 0 bridgehead atoms. The van der Waals surface area contributed by atoms with Crippen LogP contribution in [0.5, 0.6) is 0 Å². The zero-order valence-electron chi connectivity index (χ0n) is 19.9. The van der Waals surface area contributed by atoms with Crippen molar-refractivity contribution in [2.75, 3.05) is 30.3 Å². The Balaban J connectivity index is 1.28. The van der Waals surface area contributed by atoms with E-state index >= 15 is 0 Å². The second-order valence-corrected chi connectivity index (χ2v) is 9.74. The molecule has 186 valence electrons. The number of nitrogens with one attached hydrogen (secondary N) is 3. The number of hydrogen-bond acceptors (Lipinski definition) is 4. The van der Waals surface area contributed by atoms with Gasteiger partial charge >= 0.3 is 0 Å². The normalized spacial score (nSPS) is 16.4. The lowest BCUT2D eigenvalue weighted by Crippen LogP contribution is -2.36. The number of nitrogens with zero attached hydrogens (tertiary/aromatic N) is 1. The summed E-state index contributed by atoms with van der Waals surface area (Å²) in [6, 6.07) is 12.2. The van der Waals surface area contributed by atoms with E-state index in [2.05, 4.69) is 16.0 Å². The van der Waals surface area contributed by atoms with Crippen molar-refractivity contribution in [1.29, 1.82) is 0 Å². The molecule has 1 heterocycles. The summed E-state index contributed by atoms with van der Waals surface area (Å²) in [7, 11) is 0. The third-order valence-corrected chi connectivity index (χ3v) is 6.99. The van der Waals surface area contributed by atoms with Crippen LogP contribution >= 0.6 is 11.6 Å². The first-order valence-corrected chi connectivity index (χ1v) is 12.9. The first-order valence-electron chi connectivity index (χ1n) is 12.5. The number of carbonyl (C=O) groups excluding carboxylic acids is 3. The van der Waals surface area contributed by atoms with Gasteiger partial charge in [0.1, 0.15) is 0 Å². The molecule has 8 heteroatoms. The Morgan fingerprint density at radius 3 is 2.23 bits per heavy atom. The van der Waals surface area contributed by atoms with Crippen LogP contribution in [0.2, 0.25) is 5.02 Å². The maximum Gasteiger partial charge on any atom is 0.253 e. The Morgan fingerprint density at radius 2 is 1.51 bits per heavy atom. The largest absolute Gasteiger partial charge is 0.376 e. The molecule has 1 saturated carbocycles. The minimum atomic E-state index is -0.233. The van der Waals surface area contributed by atoms with Crippen molar-refractivity contribution in [3.63, 3.8) is 0 Å². The van der Waals surface area contributed by atoms with Crippen molar-refractivity contribution < 1.29 is 14.4 Å². The van der Waals surface area contributed by atoms with Crippen molar-refractivity contribution in [3.05, 3.63) is 58.6 Å². The Hall–Kier alpha value is -3.06. The van der Waals surface area contributed by atoms with Crippen molar-refractivity contribution in [2.45, 2.75) is 57.4 Å². The fraction of sp³-hybridized carbons (Fsp3) is 0.444. The van der Waals surface area contributed by atoms with E-state index in [1.165, 1.54) is 12.8 Å². The number of amides is 3. The van der Waals surface area contributed by atoms with E-state index in [1.807, 2.05) is 4.90 Å². The first-order chi connectivity index (χ1) is 17.0. The summed E-state index contributed by atoms with van der Waals surface area (Å²) in [5, 5.41) is 9.34. The molecule has 2 aliphatic rings. The maximum absolute atomic E-state index is 12.7. The van der Waals surface area contributed by atoms with Crippen molar-refractivity contribution in [2.24, 2.45) is 0 Å². The van der Waals surface area contributed by atoms with Gasteiger partial charge in [0.25, 0.3) is 11.8 Å². The van der Waals surface area contributed by atoms with Crippen LogP contribution in [0.15, 0.2) is 42.5 Å². The molecule has 2 fully saturated rings. The third kappa shape index (κ3) is 6.98. The Labute approximate surface area is 211 Å². The lowest BCUT2D eigenvalue weighted by molar-refractivity contribution is -0.114. The molecule has 0 aromatic heterocycles.